The van der Waals surface area contributed by atoms with Crippen LogP contribution < -0.4 is 0 Å². The first-order valence-electron chi connectivity index (χ1n) is 15.9. The van der Waals surface area contributed by atoms with Crippen LogP contribution in [0.5, 0.6) is 0 Å². The summed E-state index contributed by atoms with van der Waals surface area (Å²) >= 11 is 4.34. The van der Waals surface area contributed by atoms with Crippen molar-refractivity contribution in [2.75, 3.05) is 12.5 Å². The van der Waals surface area contributed by atoms with Gasteiger partial charge in [0.15, 0.2) is 0 Å². The summed E-state index contributed by atoms with van der Waals surface area (Å²) in [5.41, 5.74) is 2.74. The Kier molecular flexibility index (Phi) is 12.9. The highest BCUT2D eigenvalue weighted by Crippen LogP contribution is 2.69. The van der Waals surface area contributed by atoms with Gasteiger partial charge in [-0.2, -0.15) is 23.5 Å². The summed E-state index contributed by atoms with van der Waals surface area (Å²) in [5, 5.41) is 1.74. The highest BCUT2D eigenvalue weighted by Gasteiger charge is 2.62. The van der Waals surface area contributed by atoms with Crippen LogP contribution in [-0.2, 0) is 0 Å². The van der Waals surface area contributed by atoms with E-state index >= 15 is 0 Å². The fourth-order valence-electron chi connectivity index (χ4n) is 9.68. The van der Waals surface area contributed by atoms with E-state index in [4.69, 9.17) is 0 Å². The van der Waals surface area contributed by atoms with Gasteiger partial charge in [-0.1, -0.05) is 74.5 Å². The van der Waals surface area contributed by atoms with Gasteiger partial charge < -0.3 is 0 Å². The van der Waals surface area contributed by atoms with Crippen molar-refractivity contribution in [1.29, 1.82) is 0 Å². The number of fused-ring (bicyclic) bond motifs is 5. The Hall–Kier alpha value is 0.440. The molecular formula is C34H64S2. The molecule has 0 amide bonds. The molecule has 0 saturated heterocycles. The summed E-state index contributed by atoms with van der Waals surface area (Å²) in [6.07, 6.45) is 19.2. The number of hydrogen-bond acceptors (Lipinski definition) is 2. The van der Waals surface area contributed by atoms with Gasteiger partial charge in [0.25, 0.3) is 0 Å². The van der Waals surface area contributed by atoms with Gasteiger partial charge in [0.2, 0.25) is 0 Å². The Bertz CT molecular complexity index is 670. The van der Waals surface area contributed by atoms with E-state index in [9.17, 15) is 0 Å². The molecule has 0 aromatic heterocycles. The van der Waals surface area contributed by atoms with Crippen LogP contribution in [0.2, 0.25) is 0 Å². The van der Waals surface area contributed by atoms with Gasteiger partial charge in [-0.25, -0.2) is 0 Å². The van der Waals surface area contributed by atoms with E-state index in [-0.39, 0.29) is 0 Å². The van der Waals surface area contributed by atoms with E-state index in [0.717, 1.165) is 51.9 Å². The van der Waals surface area contributed by atoms with Crippen molar-refractivity contribution in [1.82, 2.24) is 0 Å². The first-order valence-corrected chi connectivity index (χ1v) is 18.5. The van der Waals surface area contributed by atoms with E-state index in [1.165, 1.54) is 64.2 Å². The average Bonchev–Trinajstić information content (AvgIpc) is 3.24. The van der Waals surface area contributed by atoms with Crippen molar-refractivity contribution < 1.29 is 0 Å². The molecule has 10 atom stereocenters. The molecule has 4 aliphatic rings. The van der Waals surface area contributed by atoms with Crippen LogP contribution in [0.4, 0.5) is 0 Å². The van der Waals surface area contributed by atoms with Gasteiger partial charge in [0.1, 0.15) is 0 Å². The van der Waals surface area contributed by atoms with Crippen LogP contribution >= 0.6 is 23.5 Å². The molecule has 0 nitrogen and oxygen atoms in total. The first kappa shape index (κ1) is 32.7. The van der Waals surface area contributed by atoms with Gasteiger partial charge in [0, 0.05) is 10.5 Å². The molecule has 4 fully saturated rings. The summed E-state index contributed by atoms with van der Waals surface area (Å²) in [6, 6.07) is 0. The largest absolute Gasteiger partial charge is 0.162 e. The second-order valence-corrected chi connectivity index (χ2v) is 15.4. The minimum atomic E-state index is 0.589. The molecule has 4 rings (SSSR count). The van der Waals surface area contributed by atoms with Crippen molar-refractivity contribution >= 4 is 23.5 Å². The topological polar surface area (TPSA) is 0 Å². The molecule has 0 aromatic rings. The zero-order valence-electron chi connectivity index (χ0n) is 26.3. The Morgan fingerprint density at radius 2 is 1.53 bits per heavy atom. The summed E-state index contributed by atoms with van der Waals surface area (Å²) in [6.45, 7) is 25.3. The van der Waals surface area contributed by atoms with Crippen LogP contribution in [0.3, 0.4) is 0 Å². The van der Waals surface area contributed by atoms with E-state index in [1.54, 1.807) is 5.57 Å². The number of hydrogen-bond donors (Lipinski definition) is 0. The summed E-state index contributed by atoms with van der Waals surface area (Å²) in [7, 11) is 0. The quantitative estimate of drug-likeness (QED) is 0.297. The van der Waals surface area contributed by atoms with E-state index < -0.39 is 0 Å². The Morgan fingerprint density at radius 3 is 2.11 bits per heavy atom. The predicted octanol–water partition coefficient (Wildman–Crippen LogP) is 11.4. The maximum atomic E-state index is 4.42. The van der Waals surface area contributed by atoms with Gasteiger partial charge in [-0.3, -0.25) is 0 Å². The van der Waals surface area contributed by atoms with Gasteiger partial charge >= 0.3 is 0 Å². The van der Waals surface area contributed by atoms with Crippen LogP contribution in [-0.4, -0.2) is 23.0 Å². The highest BCUT2D eigenvalue weighted by atomic mass is 32.2. The molecule has 10 unspecified atom stereocenters. The van der Waals surface area contributed by atoms with Crippen LogP contribution in [0, 0.1) is 52.3 Å². The normalized spacial score (nSPS) is 41.1. The molecule has 0 aromatic carbocycles. The minimum absolute atomic E-state index is 0.589. The molecule has 0 radical (unpaired) electrons. The fraction of sp³-hybridized carbons (Fsp3) is 0.941. The Morgan fingerprint density at radius 1 is 0.889 bits per heavy atom. The van der Waals surface area contributed by atoms with Crippen LogP contribution in [0.1, 0.15) is 127 Å². The lowest BCUT2D eigenvalue weighted by Gasteiger charge is -2.63. The van der Waals surface area contributed by atoms with Crippen molar-refractivity contribution in [3.05, 3.63) is 12.2 Å². The lowest BCUT2D eigenvalue weighted by molar-refractivity contribution is -0.105. The lowest BCUT2D eigenvalue weighted by Crippen LogP contribution is -2.57. The average molecular weight is 537 g/mol. The third-order valence-electron chi connectivity index (χ3n) is 11.6. The Balaban J connectivity index is 0.00000109. The predicted molar refractivity (Wildman–Crippen MR) is 170 cm³/mol. The van der Waals surface area contributed by atoms with Gasteiger partial charge in [-0.15, -0.1) is 0 Å². The van der Waals surface area contributed by atoms with E-state index in [0.29, 0.717) is 10.8 Å². The summed E-state index contributed by atoms with van der Waals surface area (Å²) < 4.78 is 0. The van der Waals surface area contributed by atoms with Crippen LogP contribution in [0.15, 0.2) is 12.2 Å². The van der Waals surface area contributed by atoms with Gasteiger partial charge in [0.05, 0.1) is 0 Å². The Labute approximate surface area is 236 Å². The van der Waals surface area contributed by atoms with Crippen molar-refractivity contribution in [2.45, 2.75) is 137 Å². The molecule has 212 valence electrons. The molecule has 0 aliphatic heterocycles. The minimum Gasteiger partial charge on any atom is -0.162 e. The van der Waals surface area contributed by atoms with E-state index in [2.05, 4.69) is 77.2 Å². The lowest BCUT2D eigenvalue weighted by atomic mass is 9.44. The van der Waals surface area contributed by atoms with E-state index in [1.807, 2.05) is 27.7 Å². The maximum Gasteiger partial charge on any atom is 0.00811 e. The zero-order chi connectivity index (χ0) is 27.3. The summed E-state index contributed by atoms with van der Waals surface area (Å²) in [4.78, 5) is 0. The second-order valence-electron chi connectivity index (χ2n) is 13.3. The molecule has 0 bridgehead atoms. The van der Waals surface area contributed by atoms with Gasteiger partial charge in [-0.05, 0) is 129 Å². The second kappa shape index (κ2) is 14.2. The molecule has 0 spiro atoms. The first-order chi connectivity index (χ1) is 17.2. The third-order valence-corrected chi connectivity index (χ3v) is 14.1. The number of rotatable bonds is 7. The third kappa shape index (κ3) is 6.26. The molecule has 4 saturated carbocycles. The molecule has 0 heterocycles. The highest BCUT2D eigenvalue weighted by molar-refractivity contribution is 7.99. The standard InChI is InChI=1S/C30H52S2.2C2H6/c1-19(2)26(31-7)12-9-21(4)23-10-11-24-28-25(14-16-30(23,24)6)29(5)15-13-20(3)17-22(29)18-27(28)32-8;2*1-2/h19,21-28H,3,9-18H2,1-2,4-8H3;2*1-2H3. The molecule has 2 heteroatoms. The molecule has 4 aliphatic carbocycles. The number of allylic oxidation sites excluding steroid dienone is 1. The van der Waals surface area contributed by atoms with Crippen molar-refractivity contribution in [2.24, 2.45) is 52.3 Å². The number of thioether (sulfide) groups is 2. The van der Waals surface area contributed by atoms with Crippen molar-refractivity contribution in [3.8, 4) is 0 Å². The SMILES string of the molecule is C=C1CCC2(C)C(C1)CC(SC)C1C2CCC2(C)C(C(C)CCC(SC)C(C)C)CCC12.CC.CC. The maximum absolute atomic E-state index is 4.42. The monoisotopic (exact) mass is 536 g/mol. The summed E-state index contributed by atoms with van der Waals surface area (Å²) in [5.74, 6) is 6.50. The smallest absolute Gasteiger partial charge is 0.00811 e. The molecule has 0 N–H and O–H groups in total. The zero-order valence-corrected chi connectivity index (χ0v) is 27.9. The van der Waals surface area contributed by atoms with Crippen molar-refractivity contribution in [3.63, 3.8) is 0 Å². The molecule has 36 heavy (non-hydrogen) atoms. The van der Waals surface area contributed by atoms with Crippen LogP contribution in [0.25, 0.3) is 0 Å². The molecular weight excluding hydrogens is 473 g/mol. The fourth-order valence-corrected chi connectivity index (χ4v) is 11.7.